The molecule has 1 unspecified atom stereocenters. The van der Waals surface area contributed by atoms with Crippen LogP contribution in [0.2, 0.25) is 0 Å². The molecule has 0 fully saturated rings. The van der Waals surface area contributed by atoms with Gasteiger partial charge < -0.3 is 4.74 Å². The second-order valence-electron chi connectivity index (χ2n) is 3.50. The molecule has 2 rings (SSSR count). The molecule has 0 spiro atoms. The maximum Gasteiger partial charge on any atom is 0.277 e. The predicted octanol–water partition coefficient (Wildman–Crippen LogP) is 0.988. The van der Waals surface area contributed by atoms with Gasteiger partial charge in [0.1, 0.15) is 12.3 Å². The number of aryl methyl sites for hydroxylation is 2. The number of aromatic nitrogens is 2. The molecule has 0 N–H and O–H groups in total. The number of amides is 1. The molecule has 1 amide bonds. The van der Waals surface area contributed by atoms with Gasteiger partial charge >= 0.3 is 0 Å². The second-order valence-corrected chi connectivity index (χ2v) is 3.88. The van der Waals surface area contributed by atoms with E-state index in [9.17, 15) is 9.18 Å². The van der Waals surface area contributed by atoms with E-state index in [1.54, 1.807) is 14.0 Å². The number of carbonyl (C=O) groups is 1. The number of rotatable bonds is 1. The minimum atomic E-state index is -2.04. The van der Waals surface area contributed by atoms with E-state index in [1.807, 2.05) is 0 Å². The van der Waals surface area contributed by atoms with Crippen molar-refractivity contribution in [1.29, 1.82) is 0 Å². The van der Waals surface area contributed by atoms with Crippen LogP contribution in [-0.2, 0) is 11.8 Å². The Morgan fingerprint density at radius 3 is 3.00 bits per heavy atom. The number of alkyl halides is 2. The zero-order valence-corrected chi connectivity index (χ0v) is 9.66. The summed E-state index contributed by atoms with van der Waals surface area (Å²) in [5.41, 5.74) is -0.921. The minimum absolute atomic E-state index is 0.283. The molecule has 1 aliphatic heterocycles. The van der Waals surface area contributed by atoms with E-state index in [-0.39, 0.29) is 6.54 Å². The van der Waals surface area contributed by atoms with Crippen molar-refractivity contribution >= 4 is 23.2 Å². The van der Waals surface area contributed by atoms with Crippen LogP contribution >= 0.6 is 11.6 Å². The van der Waals surface area contributed by atoms with Crippen LogP contribution in [0.3, 0.4) is 0 Å². The number of fused-ring (bicyclic) bond motifs is 1. The third kappa shape index (κ3) is 1.63. The fourth-order valence-electron chi connectivity index (χ4n) is 1.78. The molecule has 0 saturated carbocycles. The maximum atomic E-state index is 12.8. The van der Waals surface area contributed by atoms with Crippen LogP contribution in [0.5, 0.6) is 5.88 Å². The SMILES string of the molecule is Cc1nn(C)c2c1N(C(=O)C(F)Cl)CCO2. The smallest absolute Gasteiger partial charge is 0.277 e. The van der Waals surface area contributed by atoms with Gasteiger partial charge in [-0.2, -0.15) is 5.10 Å². The average molecular weight is 248 g/mol. The van der Waals surface area contributed by atoms with Crippen LogP contribution in [0.1, 0.15) is 5.69 Å². The van der Waals surface area contributed by atoms with Crippen molar-refractivity contribution < 1.29 is 13.9 Å². The third-order valence-corrected chi connectivity index (χ3v) is 2.60. The molecule has 88 valence electrons. The van der Waals surface area contributed by atoms with Gasteiger partial charge in [0.25, 0.3) is 11.5 Å². The van der Waals surface area contributed by atoms with E-state index in [1.165, 1.54) is 9.58 Å². The highest BCUT2D eigenvalue weighted by molar-refractivity contribution is 6.31. The predicted molar refractivity (Wildman–Crippen MR) is 56.5 cm³/mol. The lowest BCUT2D eigenvalue weighted by Gasteiger charge is -2.27. The van der Waals surface area contributed by atoms with Gasteiger partial charge in [0, 0.05) is 7.05 Å². The van der Waals surface area contributed by atoms with Crippen molar-refractivity contribution in [3.05, 3.63) is 5.69 Å². The first-order valence-corrected chi connectivity index (χ1v) is 5.22. The van der Waals surface area contributed by atoms with E-state index < -0.39 is 11.5 Å². The largest absolute Gasteiger partial charge is 0.474 e. The highest BCUT2D eigenvalue weighted by Gasteiger charge is 2.32. The van der Waals surface area contributed by atoms with Crippen molar-refractivity contribution in [1.82, 2.24) is 9.78 Å². The molecule has 0 aromatic carbocycles. The standard InChI is InChI=1S/C9H11ClFN3O2/c1-5-6-9(13(2)12-5)16-4-3-14(6)8(15)7(10)11/h7H,3-4H2,1-2H3. The zero-order valence-electron chi connectivity index (χ0n) is 8.91. The van der Waals surface area contributed by atoms with E-state index in [0.717, 1.165) is 0 Å². The fourth-order valence-corrected chi connectivity index (χ4v) is 1.90. The molecular formula is C9H11ClFN3O2. The van der Waals surface area contributed by atoms with E-state index >= 15 is 0 Å². The minimum Gasteiger partial charge on any atom is -0.474 e. The number of carbonyl (C=O) groups excluding carboxylic acids is 1. The molecule has 1 aromatic heterocycles. The molecule has 2 heterocycles. The first-order chi connectivity index (χ1) is 7.52. The van der Waals surface area contributed by atoms with Crippen LogP contribution in [-0.4, -0.2) is 34.5 Å². The molecule has 0 saturated heterocycles. The number of anilines is 1. The maximum absolute atomic E-state index is 12.8. The molecule has 0 aliphatic carbocycles. The van der Waals surface area contributed by atoms with Crippen LogP contribution in [0.15, 0.2) is 0 Å². The molecule has 7 heteroatoms. The van der Waals surface area contributed by atoms with E-state index in [2.05, 4.69) is 5.10 Å². The molecular weight excluding hydrogens is 237 g/mol. The Bertz CT molecular complexity index is 433. The lowest BCUT2D eigenvalue weighted by molar-refractivity contribution is -0.121. The molecule has 0 radical (unpaired) electrons. The molecule has 0 bridgehead atoms. The fraction of sp³-hybridized carbons (Fsp3) is 0.556. The van der Waals surface area contributed by atoms with Gasteiger partial charge in [0.2, 0.25) is 5.88 Å². The van der Waals surface area contributed by atoms with Gasteiger partial charge in [-0.15, -0.1) is 0 Å². The lowest BCUT2D eigenvalue weighted by Crippen LogP contribution is -2.41. The number of halogens is 2. The molecule has 5 nitrogen and oxygen atoms in total. The normalized spacial score (nSPS) is 16.6. The summed E-state index contributed by atoms with van der Waals surface area (Å²) in [6.07, 6.45) is 0. The summed E-state index contributed by atoms with van der Waals surface area (Å²) in [5.74, 6) is -0.309. The van der Waals surface area contributed by atoms with Crippen molar-refractivity contribution in [2.24, 2.45) is 7.05 Å². The van der Waals surface area contributed by atoms with Crippen molar-refractivity contribution in [3.8, 4) is 5.88 Å². The first-order valence-electron chi connectivity index (χ1n) is 4.78. The summed E-state index contributed by atoms with van der Waals surface area (Å²) in [4.78, 5) is 12.8. The Kier molecular flexibility index (Phi) is 2.75. The monoisotopic (exact) mass is 247 g/mol. The zero-order chi connectivity index (χ0) is 11.9. The summed E-state index contributed by atoms with van der Waals surface area (Å²) < 4.78 is 19.7. The Morgan fingerprint density at radius 2 is 2.38 bits per heavy atom. The summed E-state index contributed by atoms with van der Waals surface area (Å²) in [6, 6.07) is 0. The second kappa shape index (κ2) is 3.93. The summed E-state index contributed by atoms with van der Waals surface area (Å²) in [7, 11) is 1.70. The van der Waals surface area contributed by atoms with Crippen LogP contribution in [0, 0.1) is 6.92 Å². The number of hydrogen-bond acceptors (Lipinski definition) is 3. The van der Waals surface area contributed by atoms with Gasteiger partial charge in [-0.3, -0.25) is 9.69 Å². The number of nitrogens with zero attached hydrogens (tertiary/aromatic N) is 3. The van der Waals surface area contributed by atoms with E-state index in [4.69, 9.17) is 16.3 Å². The van der Waals surface area contributed by atoms with Gasteiger partial charge in [0.05, 0.1) is 12.2 Å². The highest BCUT2D eigenvalue weighted by Crippen LogP contribution is 2.34. The van der Waals surface area contributed by atoms with Gasteiger partial charge in [-0.1, -0.05) is 11.6 Å². The van der Waals surface area contributed by atoms with Gasteiger partial charge in [-0.05, 0) is 6.92 Å². The van der Waals surface area contributed by atoms with Crippen molar-refractivity contribution in [2.45, 2.75) is 12.6 Å². The quantitative estimate of drug-likeness (QED) is 0.696. The van der Waals surface area contributed by atoms with Crippen molar-refractivity contribution in [3.63, 3.8) is 0 Å². The number of hydrogen-bond donors (Lipinski definition) is 0. The lowest BCUT2D eigenvalue weighted by atomic mass is 10.3. The Balaban J connectivity index is 2.44. The third-order valence-electron chi connectivity index (χ3n) is 2.42. The van der Waals surface area contributed by atoms with Crippen LogP contribution < -0.4 is 9.64 Å². The Morgan fingerprint density at radius 1 is 1.69 bits per heavy atom. The Hall–Kier alpha value is -1.30. The molecule has 1 atom stereocenters. The summed E-state index contributed by atoms with van der Waals surface area (Å²) in [5, 5.41) is 4.12. The average Bonchev–Trinajstić information content (AvgIpc) is 2.54. The summed E-state index contributed by atoms with van der Waals surface area (Å²) in [6.45, 7) is 2.32. The van der Waals surface area contributed by atoms with Gasteiger partial charge in [-0.25, -0.2) is 9.07 Å². The molecule has 1 aromatic rings. The van der Waals surface area contributed by atoms with Crippen LogP contribution in [0.4, 0.5) is 10.1 Å². The highest BCUT2D eigenvalue weighted by atomic mass is 35.5. The Labute approximate surface area is 96.7 Å². The summed E-state index contributed by atoms with van der Waals surface area (Å²) >= 11 is 5.16. The first kappa shape index (κ1) is 11.2. The topological polar surface area (TPSA) is 47.4 Å². The van der Waals surface area contributed by atoms with Gasteiger partial charge in [0.15, 0.2) is 0 Å². The van der Waals surface area contributed by atoms with Crippen LogP contribution in [0.25, 0.3) is 0 Å². The molecule has 16 heavy (non-hydrogen) atoms. The van der Waals surface area contributed by atoms with E-state index in [0.29, 0.717) is 23.9 Å². The van der Waals surface area contributed by atoms with Crippen molar-refractivity contribution in [2.75, 3.05) is 18.1 Å². The number of ether oxygens (including phenoxy) is 1. The molecule has 1 aliphatic rings.